The largest absolute Gasteiger partial charge is 0.495 e. The van der Waals surface area contributed by atoms with Gasteiger partial charge in [0, 0.05) is 39.8 Å². The third-order valence-corrected chi connectivity index (χ3v) is 4.01. The van der Waals surface area contributed by atoms with Crippen molar-refractivity contribution in [2.75, 3.05) is 65.0 Å². The summed E-state index contributed by atoms with van der Waals surface area (Å²) < 4.78 is 10.2. The van der Waals surface area contributed by atoms with E-state index in [-0.39, 0.29) is 12.5 Å². The minimum atomic E-state index is -0.491. The van der Waals surface area contributed by atoms with E-state index in [4.69, 9.17) is 9.47 Å². The third-order valence-electron chi connectivity index (χ3n) is 4.01. The van der Waals surface area contributed by atoms with E-state index in [1.54, 1.807) is 14.2 Å². The molecule has 0 saturated carbocycles. The number of benzene rings is 1. The maximum absolute atomic E-state index is 11.9. The highest BCUT2D eigenvalue weighted by molar-refractivity contribution is 5.95. The Hall–Kier alpha value is -2.32. The van der Waals surface area contributed by atoms with Crippen molar-refractivity contribution in [3.63, 3.8) is 0 Å². The number of piperazine rings is 1. The van der Waals surface area contributed by atoms with Gasteiger partial charge in [0.2, 0.25) is 5.91 Å². The second-order valence-corrected chi connectivity index (χ2v) is 5.73. The Morgan fingerprint density at radius 1 is 1.12 bits per heavy atom. The number of anilines is 1. The van der Waals surface area contributed by atoms with E-state index in [0.29, 0.717) is 13.2 Å². The van der Waals surface area contributed by atoms with Crippen molar-refractivity contribution in [1.29, 1.82) is 0 Å². The van der Waals surface area contributed by atoms with Crippen molar-refractivity contribution in [2.45, 2.75) is 0 Å². The number of carbonyl (C=O) groups is 2. The van der Waals surface area contributed by atoms with E-state index < -0.39 is 6.03 Å². The minimum Gasteiger partial charge on any atom is -0.495 e. The van der Waals surface area contributed by atoms with Crippen LogP contribution in [0.5, 0.6) is 5.75 Å². The number of methoxy groups -OCH3 is 2. The minimum absolute atomic E-state index is 0.206. The molecule has 0 aliphatic carbocycles. The fourth-order valence-electron chi connectivity index (χ4n) is 2.72. The number of para-hydroxylation sites is 2. The molecule has 1 aromatic rings. The van der Waals surface area contributed by atoms with Gasteiger partial charge in [0.15, 0.2) is 0 Å². The Morgan fingerprint density at radius 2 is 1.84 bits per heavy atom. The van der Waals surface area contributed by atoms with Crippen LogP contribution in [-0.2, 0) is 9.53 Å². The summed E-state index contributed by atoms with van der Waals surface area (Å²) in [6.45, 7) is 4.08. The Labute approximate surface area is 148 Å². The first kappa shape index (κ1) is 19.0. The Balaban J connectivity index is 1.75. The zero-order chi connectivity index (χ0) is 18.1. The SMILES string of the molecule is COCCNC(=O)NC(=O)CN1CCN(c2ccccc2OC)CC1. The molecule has 8 heteroatoms. The summed E-state index contributed by atoms with van der Waals surface area (Å²) in [5, 5.41) is 4.88. The molecule has 1 saturated heterocycles. The van der Waals surface area contributed by atoms with Gasteiger partial charge in [-0.1, -0.05) is 12.1 Å². The van der Waals surface area contributed by atoms with Gasteiger partial charge in [0.1, 0.15) is 5.75 Å². The molecule has 25 heavy (non-hydrogen) atoms. The first-order chi connectivity index (χ1) is 12.1. The van der Waals surface area contributed by atoms with Gasteiger partial charge in [0.05, 0.1) is 25.9 Å². The van der Waals surface area contributed by atoms with Gasteiger partial charge in [-0.2, -0.15) is 0 Å². The van der Waals surface area contributed by atoms with Crippen LogP contribution >= 0.6 is 0 Å². The van der Waals surface area contributed by atoms with Crippen LogP contribution < -0.4 is 20.3 Å². The number of hydrogen-bond acceptors (Lipinski definition) is 6. The van der Waals surface area contributed by atoms with Gasteiger partial charge in [0.25, 0.3) is 0 Å². The molecule has 138 valence electrons. The summed E-state index contributed by atoms with van der Waals surface area (Å²) in [5.41, 5.74) is 1.06. The Kier molecular flexibility index (Phi) is 7.49. The van der Waals surface area contributed by atoms with Gasteiger partial charge in [-0.15, -0.1) is 0 Å². The lowest BCUT2D eigenvalue weighted by atomic mass is 10.2. The van der Waals surface area contributed by atoms with Crippen molar-refractivity contribution in [3.8, 4) is 5.75 Å². The van der Waals surface area contributed by atoms with Crippen LogP contribution in [0.4, 0.5) is 10.5 Å². The molecule has 0 spiro atoms. The summed E-state index contributed by atoms with van der Waals surface area (Å²) in [5.74, 6) is 0.544. The molecule has 1 aliphatic rings. The molecule has 2 rings (SSSR count). The molecular formula is C17H26N4O4. The number of imide groups is 1. The first-order valence-electron chi connectivity index (χ1n) is 8.31. The molecule has 2 N–H and O–H groups in total. The number of ether oxygens (including phenoxy) is 2. The Bertz CT molecular complexity index is 574. The lowest BCUT2D eigenvalue weighted by molar-refractivity contribution is -0.121. The van der Waals surface area contributed by atoms with E-state index in [2.05, 4.69) is 15.5 Å². The second kappa shape index (κ2) is 9.85. The number of urea groups is 1. The maximum Gasteiger partial charge on any atom is 0.321 e. The summed E-state index contributed by atoms with van der Waals surface area (Å²) >= 11 is 0. The van der Waals surface area contributed by atoms with Gasteiger partial charge in [-0.25, -0.2) is 4.79 Å². The van der Waals surface area contributed by atoms with Gasteiger partial charge in [-0.05, 0) is 12.1 Å². The quantitative estimate of drug-likeness (QED) is 0.688. The van der Waals surface area contributed by atoms with Crippen LogP contribution in [0.3, 0.4) is 0 Å². The summed E-state index contributed by atoms with van der Waals surface area (Å²) in [4.78, 5) is 27.7. The molecule has 0 atom stereocenters. The van der Waals surface area contributed by atoms with Crippen molar-refractivity contribution in [3.05, 3.63) is 24.3 Å². The average molecular weight is 350 g/mol. The predicted octanol–water partition coefficient (Wildman–Crippen LogP) is 0.289. The summed E-state index contributed by atoms with van der Waals surface area (Å²) in [6, 6.07) is 7.42. The lowest BCUT2D eigenvalue weighted by Gasteiger charge is -2.36. The third kappa shape index (κ3) is 5.91. The molecule has 1 fully saturated rings. The summed E-state index contributed by atoms with van der Waals surface area (Å²) in [7, 11) is 3.21. The standard InChI is InChI=1S/C17H26N4O4/c1-24-12-7-18-17(23)19-16(22)13-20-8-10-21(11-9-20)14-5-3-4-6-15(14)25-2/h3-6H,7-13H2,1-2H3,(H2,18,19,22,23). The van der Waals surface area contributed by atoms with Crippen molar-refractivity contribution in [1.82, 2.24) is 15.5 Å². The molecule has 0 unspecified atom stereocenters. The maximum atomic E-state index is 11.9. The number of rotatable bonds is 7. The summed E-state index contributed by atoms with van der Waals surface area (Å²) in [6.07, 6.45) is 0. The van der Waals surface area contributed by atoms with Crippen molar-refractivity contribution < 1.29 is 19.1 Å². The fourth-order valence-corrected chi connectivity index (χ4v) is 2.72. The van der Waals surface area contributed by atoms with E-state index in [1.807, 2.05) is 29.2 Å². The van der Waals surface area contributed by atoms with E-state index in [0.717, 1.165) is 37.6 Å². The molecular weight excluding hydrogens is 324 g/mol. The topological polar surface area (TPSA) is 83.1 Å². The van der Waals surface area contributed by atoms with Crippen LogP contribution in [-0.4, -0.2) is 76.9 Å². The number of hydrogen-bond donors (Lipinski definition) is 2. The normalized spacial score (nSPS) is 14.9. The highest BCUT2D eigenvalue weighted by Crippen LogP contribution is 2.28. The van der Waals surface area contributed by atoms with Crippen LogP contribution in [0.2, 0.25) is 0 Å². The smallest absolute Gasteiger partial charge is 0.321 e. The van der Waals surface area contributed by atoms with Crippen LogP contribution in [0.25, 0.3) is 0 Å². The molecule has 0 aromatic heterocycles. The van der Waals surface area contributed by atoms with Crippen LogP contribution in [0.1, 0.15) is 0 Å². The van der Waals surface area contributed by atoms with E-state index in [1.165, 1.54) is 0 Å². The average Bonchev–Trinajstić information content (AvgIpc) is 2.62. The van der Waals surface area contributed by atoms with Crippen LogP contribution in [0, 0.1) is 0 Å². The predicted molar refractivity (Wildman–Crippen MR) is 95.1 cm³/mol. The Morgan fingerprint density at radius 3 is 2.52 bits per heavy atom. The van der Waals surface area contributed by atoms with E-state index in [9.17, 15) is 9.59 Å². The molecule has 0 radical (unpaired) electrons. The fraction of sp³-hybridized carbons (Fsp3) is 0.529. The molecule has 3 amide bonds. The highest BCUT2D eigenvalue weighted by Gasteiger charge is 2.21. The molecule has 1 heterocycles. The van der Waals surface area contributed by atoms with Gasteiger partial charge in [-0.3, -0.25) is 15.0 Å². The molecule has 1 aliphatic heterocycles. The molecule has 0 bridgehead atoms. The van der Waals surface area contributed by atoms with E-state index >= 15 is 0 Å². The van der Waals surface area contributed by atoms with Gasteiger partial charge < -0.3 is 19.7 Å². The van der Waals surface area contributed by atoms with Crippen LogP contribution in [0.15, 0.2) is 24.3 Å². The second-order valence-electron chi connectivity index (χ2n) is 5.73. The first-order valence-corrected chi connectivity index (χ1v) is 8.31. The monoisotopic (exact) mass is 350 g/mol. The number of carbonyl (C=O) groups excluding carboxylic acids is 2. The number of nitrogens with one attached hydrogen (secondary N) is 2. The number of nitrogens with zero attached hydrogens (tertiary/aromatic N) is 2. The highest BCUT2D eigenvalue weighted by atomic mass is 16.5. The number of amides is 3. The van der Waals surface area contributed by atoms with Gasteiger partial charge >= 0.3 is 6.03 Å². The van der Waals surface area contributed by atoms with Crippen molar-refractivity contribution in [2.24, 2.45) is 0 Å². The zero-order valence-corrected chi connectivity index (χ0v) is 14.8. The zero-order valence-electron chi connectivity index (χ0n) is 14.8. The van der Waals surface area contributed by atoms with Crippen molar-refractivity contribution >= 4 is 17.6 Å². The molecule has 8 nitrogen and oxygen atoms in total. The molecule has 1 aromatic carbocycles. The lowest BCUT2D eigenvalue weighted by Crippen LogP contribution is -2.51.